The summed E-state index contributed by atoms with van der Waals surface area (Å²) in [5.74, 6) is 1.96. The minimum Gasteiger partial charge on any atom is -0.469 e. The Labute approximate surface area is 285 Å². The molecular formula is C34H40Cl2N6O5. The average Bonchev–Trinajstić information content (AvgIpc) is 3.09. The maximum atomic E-state index is 12.9. The molecule has 3 aliphatic heterocycles. The number of pyridine rings is 1. The number of aromatic nitrogens is 3. The number of ether oxygens (including phenoxy) is 3. The molecule has 3 fully saturated rings. The fraction of sp³-hybridized carbons (Fsp3) is 0.500. The molecule has 0 spiro atoms. The normalized spacial score (nSPS) is 18.3. The first kappa shape index (κ1) is 33.4. The van der Waals surface area contributed by atoms with Gasteiger partial charge in [0.2, 0.25) is 17.7 Å². The Morgan fingerprint density at radius 1 is 0.894 bits per heavy atom. The zero-order valence-electron chi connectivity index (χ0n) is 26.6. The van der Waals surface area contributed by atoms with Crippen molar-refractivity contribution in [3.05, 3.63) is 58.3 Å². The third-order valence-electron chi connectivity index (χ3n) is 9.10. The Hall–Kier alpha value is -3.51. The van der Waals surface area contributed by atoms with Gasteiger partial charge in [0.15, 0.2) is 5.75 Å². The lowest BCUT2D eigenvalue weighted by Crippen LogP contribution is -2.51. The summed E-state index contributed by atoms with van der Waals surface area (Å²) >= 11 is 12.7. The quantitative estimate of drug-likeness (QED) is 0.269. The smallest absolute Gasteiger partial charge is 0.305 e. The maximum absolute atomic E-state index is 12.9. The van der Waals surface area contributed by atoms with Crippen LogP contribution < -0.4 is 9.64 Å². The first-order valence-corrected chi connectivity index (χ1v) is 17.0. The number of carbonyl (C=O) groups is 2. The van der Waals surface area contributed by atoms with E-state index in [0.29, 0.717) is 91.6 Å². The minimum atomic E-state index is -0.151. The highest BCUT2D eigenvalue weighted by Crippen LogP contribution is 2.31. The number of esters is 1. The van der Waals surface area contributed by atoms with Crippen LogP contribution in [0.1, 0.15) is 37.7 Å². The molecule has 250 valence electrons. The number of carbonyl (C=O) groups excluding carboxylic acids is 2. The molecule has 0 bridgehead atoms. The lowest BCUT2D eigenvalue weighted by molar-refractivity contribution is -0.142. The van der Waals surface area contributed by atoms with Crippen LogP contribution in [0.3, 0.4) is 0 Å². The van der Waals surface area contributed by atoms with Crippen molar-refractivity contribution in [2.45, 2.75) is 38.6 Å². The number of benzene rings is 1. The molecule has 0 N–H and O–H groups in total. The van der Waals surface area contributed by atoms with Gasteiger partial charge in [-0.15, -0.1) is 0 Å². The topological polar surface area (TPSA) is 110 Å². The summed E-state index contributed by atoms with van der Waals surface area (Å²) in [5, 5.41) is 1.04. The number of piperidine rings is 1. The monoisotopic (exact) mass is 682 g/mol. The number of likely N-dealkylation sites (tertiary alicyclic amines) is 1. The molecule has 3 saturated heterocycles. The second-order valence-corrected chi connectivity index (χ2v) is 13.2. The molecule has 6 rings (SSSR count). The first-order valence-electron chi connectivity index (χ1n) is 16.2. The predicted molar refractivity (Wildman–Crippen MR) is 179 cm³/mol. The summed E-state index contributed by atoms with van der Waals surface area (Å²) in [6.45, 7) is 6.41. The molecule has 3 aliphatic rings. The number of anilines is 1. The van der Waals surface area contributed by atoms with E-state index < -0.39 is 0 Å². The molecule has 11 nitrogen and oxygen atoms in total. The summed E-state index contributed by atoms with van der Waals surface area (Å²) in [6.07, 6.45) is 7.23. The van der Waals surface area contributed by atoms with Crippen molar-refractivity contribution in [3.8, 4) is 22.9 Å². The largest absolute Gasteiger partial charge is 0.469 e. The van der Waals surface area contributed by atoms with Crippen LogP contribution in [0.4, 0.5) is 5.95 Å². The molecule has 13 heteroatoms. The molecule has 1 aromatic carbocycles. The molecule has 47 heavy (non-hydrogen) atoms. The zero-order chi connectivity index (χ0) is 32.8. The van der Waals surface area contributed by atoms with Crippen LogP contribution in [-0.4, -0.2) is 96.2 Å². The molecule has 0 saturated carbocycles. The van der Waals surface area contributed by atoms with Gasteiger partial charge in [0, 0.05) is 80.0 Å². The van der Waals surface area contributed by atoms with Crippen LogP contribution in [0.2, 0.25) is 10.0 Å². The number of nitrogens with zero attached hydrogens (tertiary/aromatic N) is 6. The molecule has 3 aromatic rings. The highest BCUT2D eigenvalue weighted by atomic mass is 35.5. The number of hydrogen-bond acceptors (Lipinski definition) is 10. The van der Waals surface area contributed by atoms with E-state index in [-0.39, 0.29) is 17.8 Å². The van der Waals surface area contributed by atoms with E-state index in [1.54, 1.807) is 18.5 Å². The van der Waals surface area contributed by atoms with Gasteiger partial charge >= 0.3 is 5.97 Å². The third-order valence-corrected chi connectivity index (χ3v) is 9.53. The van der Waals surface area contributed by atoms with E-state index in [0.717, 1.165) is 49.9 Å². The maximum Gasteiger partial charge on any atom is 0.305 e. The van der Waals surface area contributed by atoms with E-state index in [1.165, 1.54) is 7.11 Å². The standard InChI is InChI=1S/C34H40Cl2N6O5/c1-45-32(43)16-23-2-6-40(7-3-23)22-24-14-30(26-17-27(35)19-28(36)18-26)39-31(15-24)47-29-20-37-34(38-21-29)42-10-8-41(9-11-42)33(44)25-4-12-46-13-5-25/h14-15,17-21,23,25H,2-13,16,22H2,1H3. The Morgan fingerprint density at radius 2 is 1.57 bits per heavy atom. The van der Waals surface area contributed by atoms with Crippen LogP contribution in [-0.2, 0) is 25.6 Å². The number of piperazine rings is 1. The van der Waals surface area contributed by atoms with Crippen LogP contribution in [0.25, 0.3) is 11.3 Å². The second kappa shape index (κ2) is 15.6. The van der Waals surface area contributed by atoms with Gasteiger partial charge in [-0.1, -0.05) is 23.2 Å². The lowest BCUT2D eigenvalue weighted by atomic mass is 9.93. The van der Waals surface area contributed by atoms with E-state index >= 15 is 0 Å². The van der Waals surface area contributed by atoms with Crippen LogP contribution >= 0.6 is 23.2 Å². The summed E-state index contributed by atoms with van der Waals surface area (Å²) in [5.41, 5.74) is 2.50. The van der Waals surface area contributed by atoms with E-state index in [1.807, 2.05) is 29.2 Å². The number of halogens is 2. The van der Waals surface area contributed by atoms with Gasteiger partial charge in [0.1, 0.15) is 0 Å². The van der Waals surface area contributed by atoms with Crippen molar-refractivity contribution in [3.63, 3.8) is 0 Å². The summed E-state index contributed by atoms with van der Waals surface area (Å²) in [4.78, 5) is 45.0. The van der Waals surface area contributed by atoms with Gasteiger partial charge in [-0.25, -0.2) is 15.0 Å². The molecule has 2 aromatic heterocycles. The third kappa shape index (κ3) is 8.90. The molecule has 0 atom stereocenters. The van der Waals surface area contributed by atoms with Gasteiger partial charge < -0.3 is 24.0 Å². The fourth-order valence-corrected chi connectivity index (χ4v) is 6.98. The van der Waals surface area contributed by atoms with Gasteiger partial charge in [-0.2, -0.15) is 0 Å². The van der Waals surface area contributed by atoms with E-state index in [4.69, 9.17) is 42.4 Å². The molecule has 0 aliphatic carbocycles. The number of rotatable bonds is 9. The molecular weight excluding hydrogens is 643 g/mol. The van der Waals surface area contributed by atoms with Crippen LogP contribution in [0.15, 0.2) is 42.7 Å². The Bertz CT molecular complexity index is 1520. The number of hydrogen-bond donors (Lipinski definition) is 0. The van der Waals surface area contributed by atoms with Gasteiger partial charge in [-0.05, 0) is 74.5 Å². The van der Waals surface area contributed by atoms with Gasteiger partial charge in [-0.3, -0.25) is 14.5 Å². The van der Waals surface area contributed by atoms with E-state index in [2.05, 4.69) is 19.8 Å². The lowest BCUT2D eigenvalue weighted by Gasteiger charge is -2.37. The SMILES string of the molecule is COC(=O)CC1CCN(Cc2cc(Oc3cnc(N4CCN(C(=O)C5CCOCC5)CC4)nc3)nc(-c3cc(Cl)cc(Cl)c3)c2)CC1. The molecule has 1 amide bonds. The minimum absolute atomic E-state index is 0.0664. The predicted octanol–water partition coefficient (Wildman–Crippen LogP) is 5.49. The first-order chi connectivity index (χ1) is 22.8. The zero-order valence-corrected chi connectivity index (χ0v) is 28.1. The summed E-state index contributed by atoms with van der Waals surface area (Å²) < 4.78 is 16.5. The van der Waals surface area contributed by atoms with Crippen molar-refractivity contribution in [2.24, 2.45) is 11.8 Å². The molecule has 5 heterocycles. The average molecular weight is 684 g/mol. The highest BCUT2D eigenvalue weighted by molar-refractivity contribution is 6.35. The van der Waals surface area contributed by atoms with Crippen molar-refractivity contribution in [1.29, 1.82) is 0 Å². The van der Waals surface area contributed by atoms with Crippen LogP contribution in [0, 0.1) is 11.8 Å². The summed E-state index contributed by atoms with van der Waals surface area (Å²) in [6, 6.07) is 9.31. The van der Waals surface area contributed by atoms with Crippen molar-refractivity contribution in [2.75, 3.05) is 64.5 Å². The van der Waals surface area contributed by atoms with Crippen molar-refractivity contribution in [1.82, 2.24) is 24.8 Å². The van der Waals surface area contributed by atoms with E-state index in [9.17, 15) is 9.59 Å². The Morgan fingerprint density at radius 3 is 2.23 bits per heavy atom. The summed E-state index contributed by atoms with van der Waals surface area (Å²) in [7, 11) is 1.44. The Kier molecular flexibility index (Phi) is 11.1. The molecule has 0 radical (unpaired) electrons. The highest BCUT2D eigenvalue weighted by Gasteiger charge is 2.29. The van der Waals surface area contributed by atoms with Gasteiger partial charge in [0.05, 0.1) is 25.2 Å². The van der Waals surface area contributed by atoms with Crippen molar-refractivity contribution < 1.29 is 23.8 Å². The second-order valence-electron chi connectivity index (χ2n) is 12.4. The number of methoxy groups -OCH3 is 1. The van der Waals surface area contributed by atoms with Crippen molar-refractivity contribution >= 4 is 41.0 Å². The van der Waals surface area contributed by atoms with Gasteiger partial charge in [0.25, 0.3) is 0 Å². The van der Waals surface area contributed by atoms with Crippen LogP contribution in [0.5, 0.6) is 11.6 Å². The molecule has 0 unspecified atom stereocenters. The number of amides is 1. The Balaban J connectivity index is 1.12. The fourth-order valence-electron chi connectivity index (χ4n) is 6.45.